The lowest BCUT2D eigenvalue weighted by Crippen LogP contribution is -2.50. The minimum atomic E-state index is -0.870. The first-order chi connectivity index (χ1) is 15.4. The highest BCUT2D eigenvalue weighted by molar-refractivity contribution is 9.10. The maximum absolute atomic E-state index is 13.3. The Kier molecular flexibility index (Phi) is 7.86. The van der Waals surface area contributed by atoms with Crippen molar-refractivity contribution >= 4 is 33.6 Å². The second kappa shape index (κ2) is 10.4. The summed E-state index contributed by atoms with van der Waals surface area (Å²) in [4.78, 5) is 25.7. The van der Waals surface area contributed by atoms with Gasteiger partial charge in [-0.15, -0.1) is 6.42 Å². The predicted molar refractivity (Wildman–Crippen MR) is 123 cm³/mol. The molecule has 2 aliphatic rings. The first kappa shape index (κ1) is 24.1. The summed E-state index contributed by atoms with van der Waals surface area (Å²) < 4.78 is 22.8. The molecule has 1 aromatic rings. The second-order valence-electron chi connectivity index (χ2n) is 7.79. The second-order valence-corrected chi connectivity index (χ2v) is 8.65. The number of methoxy groups -OCH3 is 1. The van der Waals surface area contributed by atoms with Gasteiger partial charge in [0.15, 0.2) is 5.76 Å². The van der Waals surface area contributed by atoms with Crippen LogP contribution in [0.4, 0.5) is 4.79 Å². The highest BCUT2D eigenvalue weighted by Crippen LogP contribution is 2.47. The van der Waals surface area contributed by atoms with Gasteiger partial charge in [0, 0.05) is 28.6 Å². The van der Waals surface area contributed by atoms with Crippen LogP contribution >= 0.6 is 15.9 Å². The van der Waals surface area contributed by atoms with Gasteiger partial charge in [-0.05, 0) is 60.7 Å². The zero-order valence-corrected chi connectivity index (χ0v) is 20.2. The van der Waals surface area contributed by atoms with Crippen molar-refractivity contribution in [3.63, 3.8) is 0 Å². The largest absolute Gasteiger partial charge is 0.513 e. The van der Waals surface area contributed by atoms with Gasteiger partial charge in [0.25, 0.3) is 5.91 Å². The number of carbonyl (C=O) groups is 2. The van der Waals surface area contributed by atoms with E-state index < -0.39 is 11.7 Å². The molecule has 1 fully saturated rings. The van der Waals surface area contributed by atoms with Gasteiger partial charge in [0.2, 0.25) is 0 Å². The molecule has 7 nitrogen and oxygen atoms in total. The molecule has 8 heteroatoms. The molecule has 1 saturated carbocycles. The van der Waals surface area contributed by atoms with Gasteiger partial charge in [-0.25, -0.2) is 4.79 Å². The number of hydrogen-bond acceptors (Lipinski definition) is 6. The maximum atomic E-state index is 13.3. The van der Waals surface area contributed by atoms with Crippen LogP contribution in [0.2, 0.25) is 0 Å². The van der Waals surface area contributed by atoms with Crippen molar-refractivity contribution in [1.82, 2.24) is 5.32 Å². The fourth-order valence-corrected chi connectivity index (χ4v) is 4.96. The average molecular weight is 506 g/mol. The third-order valence-electron chi connectivity index (χ3n) is 5.64. The van der Waals surface area contributed by atoms with Crippen LogP contribution in [-0.2, 0) is 19.0 Å². The molecule has 1 amide bonds. The third kappa shape index (κ3) is 4.79. The van der Waals surface area contributed by atoms with Crippen molar-refractivity contribution in [2.75, 3.05) is 20.3 Å². The molecule has 1 spiro atoms. The van der Waals surface area contributed by atoms with Crippen molar-refractivity contribution in [1.29, 1.82) is 0 Å². The number of carbonyl (C=O) groups excluding carboxylic acids is 2. The van der Waals surface area contributed by atoms with Crippen LogP contribution in [0.15, 0.2) is 22.4 Å². The van der Waals surface area contributed by atoms with E-state index in [2.05, 4.69) is 27.2 Å². The molecule has 0 radical (unpaired) electrons. The molecule has 0 saturated heterocycles. The normalized spacial score (nSPS) is 22.5. The Balaban J connectivity index is 2.16. The molecule has 3 rings (SSSR count). The highest BCUT2D eigenvalue weighted by atomic mass is 79.9. The summed E-state index contributed by atoms with van der Waals surface area (Å²) in [5.74, 6) is 2.84. The van der Waals surface area contributed by atoms with E-state index in [1.807, 2.05) is 6.92 Å². The number of nitrogens with one attached hydrogen (secondary N) is 1. The van der Waals surface area contributed by atoms with E-state index in [4.69, 9.17) is 25.4 Å². The standard InChI is InChI=1S/C24H28BrNO6/c1-5-11-31-16-9-8-10-24(14-16)21(32-23(28)30-7-3)20(22(27)26-24)19-17(25)12-15(6-2)13-18(19)29-4/h2,12-13,16H,5,7-11,14H2,1,3-4H3,(H,26,27). The number of hydrogen-bond donors (Lipinski definition) is 1. The van der Waals surface area contributed by atoms with E-state index in [9.17, 15) is 9.59 Å². The lowest BCUT2D eigenvalue weighted by Gasteiger charge is -2.38. The lowest BCUT2D eigenvalue weighted by molar-refractivity contribution is -0.117. The van der Waals surface area contributed by atoms with E-state index in [0.29, 0.717) is 40.8 Å². The quantitative estimate of drug-likeness (QED) is 0.431. The van der Waals surface area contributed by atoms with Crippen LogP contribution in [0.1, 0.15) is 57.1 Å². The Morgan fingerprint density at radius 2 is 2.16 bits per heavy atom. The van der Waals surface area contributed by atoms with E-state index in [-0.39, 0.29) is 30.0 Å². The van der Waals surface area contributed by atoms with Crippen LogP contribution in [0, 0.1) is 12.3 Å². The summed E-state index contributed by atoms with van der Waals surface area (Å²) in [5, 5.41) is 3.09. The lowest BCUT2D eigenvalue weighted by atomic mass is 9.78. The Labute approximate surface area is 196 Å². The predicted octanol–water partition coefficient (Wildman–Crippen LogP) is 4.56. The minimum absolute atomic E-state index is 0.0571. The first-order valence-electron chi connectivity index (χ1n) is 10.8. The number of amides is 1. The summed E-state index contributed by atoms with van der Waals surface area (Å²) in [5.41, 5.74) is 0.411. The Hall–Kier alpha value is -2.50. The monoisotopic (exact) mass is 505 g/mol. The fraction of sp³-hybridized carbons (Fsp3) is 0.500. The number of benzene rings is 1. The highest BCUT2D eigenvalue weighted by Gasteiger charge is 2.51. The summed E-state index contributed by atoms with van der Waals surface area (Å²) >= 11 is 3.51. The molecule has 1 aliphatic heterocycles. The van der Waals surface area contributed by atoms with E-state index in [1.54, 1.807) is 19.1 Å². The van der Waals surface area contributed by atoms with Crippen molar-refractivity contribution in [2.45, 2.75) is 57.6 Å². The van der Waals surface area contributed by atoms with Gasteiger partial charge in [-0.1, -0.05) is 12.8 Å². The maximum Gasteiger partial charge on any atom is 0.513 e. The van der Waals surface area contributed by atoms with Gasteiger partial charge in [0.1, 0.15) is 11.3 Å². The molecule has 0 aromatic heterocycles. The topological polar surface area (TPSA) is 83.1 Å². The molecule has 1 N–H and O–H groups in total. The number of rotatable bonds is 7. The van der Waals surface area contributed by atoms with Gasteiger partial charge in [-0.2, -0.15) is 0 Å². The minimum Gasteiger partial charge on any atom is -0.496 e. The number of ether oxygens (including phenoxy) is 4. The molecule has 0 bridgehead atoms. The molecule has 2 unspecified atom stereocenters. The van der Waals surface area contributed by atoms with Gasteiger partial charge in [-0.3, -0.25) is 4.79 Å². The molecule has 1 heterocycles. The summed E-state index contributed by atoms with van der Waals surface area (Å²) in [6.07, 6.45) is 8.34. The summed E-state index contributed by atoms with van der Waals surface area (Å²) in [7, 11) is 1.50. The number of halogens is 1. The van der Waals surface area contributed by atoms with Crippen molar-refractivity contribution in [3.8, 4) is 18.1 Å². The molecule has 1 aliphatic carbocycles. The zero-order chi connectivity index (χ0) is 23.3. The van der Waals surface area contributed by atoms with Crippen molar-refractivity contribution in [3.05, 3.63) is 33.5 Å². The molecular weight excluding hydrogens is 478 g/mol. The van der Waals surface area contributed by atoms with Gasteiger partial charge < -0.3 is 24.3 Å². The summed E-state index contributed by atoms with van der Waals surface area (Å²) in [6, 6.07) is 3.39. The molecule has 2 atom stereocenters. The first-order valence-corrected chi connectivity index (χ1v) is 11.6. The van der Waals surface area contributed by atoms with Crippen LogP contribution < -0.4 is 10.1 Å². The van der Waals surface area contributed by atoms with Crippen LogP contribution in [0.3, 0.4) is 0 Å². The SMILES string of the molecule is C#Cc1cc(Br)c(C2=C(OC(=O)OCC)C3(CCCC(OCCC)C3)NC2=O)c(OC)c1. The van der Waals surface area contributed by atoms with Gasteiger partial charge in [0.05, 0.1) is 25.4 Å². The van der Waals surface area contributed by atoms with Crippen LogP contribution in [0.5, 0.6) is 5.75 Å². The Bertz CT molecular complexity index is 966. The molecular formula is C24H28BrNO6. The third-order valence-corrected chi connectivity index (χ3v) is 6.27. The average Bonchev–Trinajstić information content (AvgIpc) is 3.01. The van der Waals surface area contributed by atoms with Gasteiger partial charge >= 0.3 is 6.16 Å². The summed E-state index contributed by atoms with van der Waals surface area (Å²) in [6.45, 7) is 4.53. The van der Waals surface area contributed by atoms with Crippen molar-refractivity contribution < 1.29 is 28.5 Å². The Morgan fingerprint density at radius 3 is 2.81 bits per heavy atom. The zero-order valence-electron chi connectivity index (χ0n) is 18.6. The number of terminal acetylenes is 1. The van der Waals surface area contributed by atoms with Crippen LogP contribution in [-0.4, -0.2) is 44.0 Å². The molecule has 1 aromatic carbocycles. The Morgan fingerprint density at radius 1 is 1.38 bits per heavy atom. The van der Waals surface area contributed by atoms with E-state index >= 15 is 0 Å². The molecule has 172 valence electrons. The van der Waals surface area contributed by atoms with E-state index in [0.717, 1.165) is 19.3 Å². The van der Waals surface area contributed by atoms with E-state index in [1.165, 1.54) is 7.11 Å². The smallest absolute Gasteiger partial charge is 0.496 e. The van der Waals surface area contributed by atoms with Crippen LogP contribution in [0.25, 0.3) is 5.57 Å². The van der Waals surface area contributed by atoms with Crippen molar-refractivity contribution in [2.24, 2.45) is 0 Å². The fourth-order valence-electron chi connectivity index (χ4n) is 4.32. The molecule has 32 heavy (non-hydrogen) atoms.